The number of carbonyl (C=O) groups is 1. The van der Waals surface area contributed by atoms with Gasteiger partial charge in [0.1, 0.15) is 12.4 Å². The van der Waals surface area contributed by atoms with Gasteiger partial charge in [-0.1, -0.05) is 18.8 Å². The molecule has 0 spiro atoms. The van der Waals surface area contributed by atoms with Gasteiger partial charge in [-0.25, -0.2) is 4.39 Å². The van der Waals surface area contributed by atoms with Crippen LogP contribution in [0.3, 0.4) is 0 Å². The van der Waals surface area contributed by atoms with Gasteiger partial charge in [-0.15, -0.1) is 0 Å². The molecule has 0 bridgehead atoms. The van der Waals surface area contributed by atoms with E-state index in [0.717, 1.165) is 6.42 Å². The first kappa shape index (κ1) is 15.2. The zero-order valence-electron chi connectivity index (χ0n) is 11.4. The third-order valence-electron chi connectivity index (χ3n) is 3.09. The van der Waals surface area contributed by atoms with Crippen molar-refractivity contribution >= 4 is 5.91 Å². The van der Waals surface area contributed by atoms with Crippen LogP contribution in [0, 0.1) is 17.7 Å². The zero-order chi connectivity index (χ0) is 14.4. The smallest absolute Gasteiger partial charge is 0.255 e. The van der Waals surface area contributed by atoms with Crippen molar-refractivity contribution in [3.05, 3.63) is 35.1 Å². The van der Waals surface area contributed by atoms with Gasteiger partial charge in [-0.2, -0.15) is 0 Å². The van der Waals surface area contributed by atoms with Crippen LogP contribution in [0.1, 0.15) is 36.2 Å². The van der Waals surface area contributed by atoms with Crippen molar-refractivity contribution in [3.63, 3.8) is 0 Å². The lowest BCUT2D eigenvalue weighted by atomic mass is 10.1. The molecule has 1 unspecified atom stereocenters. The van der Waals surface area contributed by atoms with Crippen molar-refractivity contribution in [3.8, 4) is 11.8 Å². The molecule has 0 radical (unpaired) electrons. The van der Waals surface area contributed by atoms with Gasteiger partial charge in [0.15, 0.2) is 0 Å². The maximum absolute atomic E-state index is 13.2. The molecular weight excluding hydrogens is 245 g/mol. The molecule has 1 amide bonds. The lowest BCUT2D eigenvalue weighted by molar-refractivity contribution is 0.0740. The van der Waals surface area contributed by atoms with Crippen LogP contribution in [-0.4, -0.2) is 35.6 Å². The Labute approximate surface area is 113 Å². The van der Waals surface area contributed by atoms with Crippen LogP contribution >= 0.6 is 0 Å². The second-order valence-corrected chi connectivity index (χ2v) is 4.32. The molecule has 4 heteroatoms. The summed E-state index contributed by atoms with van der Waals surface area (Å²) in [6.07, 6.45) is 0.834. The fraction of sp³-hybridized carbons (Fsp3) is 0.400. The van der Waals surface area contributed by atoms with Crippen LogP contribution < -0.4 is 0 Å². The van der Waals surface area contributed by atoms with Gasteiger partial charge in [0, 0.05) is 18.7 Å². The molecule has 3 nitrogen and oxygen atoms in total. The number of benzene rings is 1. The van der Waals surface area contributed by atoms with Crippen molar-refractivity contribution in [2.75, 3.05) is 13.7 Å². The average Bonchev–Trinajstić information content (AvgIpc) is 2.42. The van der Waals surface area contributed by atoms with Crippen molar-refractivity contribution in [2.45, 2.75) is 26.3 Å². The van der Waals surface area contributed by atoms with E-state index < -0.39 is 5.82 Å². The van der Waals surface area contributed by atoms with E-state index in [1.165, 1.54) is 18.2 Å². The first-order valence-corrected chi connectivity index (χ1v) is 6.17. The van der Waals surface area contributed by atoms with Crippen molar-refractivity contribution in [2.24, 2.45) is 0 Å². The quantitative estimate of drug-likeness (QED) is 0.848. The molecule has 0 aliphatic carbocycles. The van der Waals surface area contributed by atoms with Gasteiger partial charge in [-0.05, 0) is 31.5 Å². The van der Waals surface area contributed by atoms with E-state index in [2.05, 4.69) is 11.8 Å². The Hall–Kier alpha value is -1.86. The fourth-order valence-corrected chi connectivity index (χ4v) is 1.61. The van der Waals surface area contributed by atoms with Crippen LogP contribution in [0.25, 0.3) is 0 Å². The molecule has 0 aliphatic heterocycles. The number of carbonyl (C=O) groups excluding carboxylic acids is 1. The zero-order valence-corrected chi connectivity index (χ0v) is 11.4. The summed E-state index contributed by atoms with van der Waals surface area (Å²) >= 11 is 0. The number of nitrogens with zero attached hydrogens (tertiary/aromatic N) is 1. The van der Waals surface area contributed by atoms with Crippen LogP contribution in [0.15, 0.2) is 18.2 Å². The van der Waals surface area contributed by atoms with Gasteiger partial charge >= 0.3 is 0 Å². The highest BCUT2D eigenvalue weighted by Crippen LogP contribution is 2.14. The number of aliphatic hydroxyl groups is 1. The number of aliphatic hydroxyl groups excluding tert-OH is 1. The standard InChI is InChI=1S/C15H18FNO2/c1-4-11(2)17(3)15(19)14-8-7-13(16)10-12(14)6-5-9-18/h7-8,10-11,18H,4,9H2,1-3H3. The van der Waals surface area contributed by atoms with E-state index >= 15 is 0 Å². The van der Waals surface area contributed by atoms with E-state index in [0.29, 0.717) is 11.1 Å². The first-order chi connectivity index (χ1) is 9.01. The van der Waals surface area contributed by atoms with Gasteiger partial charge in [0.25, 0.3) is 5.91 Å². The molecule has 1 N–H and O–H groups in total. The second kappa shape index (κ2) is 6.91. The number of halogens is 1. The molecule has 1 aromatic rings. The summed E-state index contributed by atoms with van der Waals surface area (Å²) < 4.78 is 13.2. The van der Waals surface area contributed by atoms with E-state index in [-0.39, 0.29) is 18.6 Å². The molecule has 0 saturated heterocycles. The Bertz CT molecular complexity index is 517. The minimum atomic E-state index is -0.454. The molecule has 19 heavy (non-hydrogen) atoms. The van der Waals surface area contributed by atoms with Crippen LogP contribution in [0.4, 0.5) is 4.39 Å². The van der Waals surface area contributed by atoms with E-state index in [1.807, 2.05) is 13.8 Å². The minimum absolute atomic E-state index is 0.0937. The normalized spacial score (nSPS) is 11.4. The fourth-order valence-electron chi connectivity index (χ4n) is 1.61. The van der Waals surface area contributed by atoms with Crippen molar-refractivity contribution in [1.29, 1.82) is 0 Å². The largest absolute Gasteiger partial charge is 0.384 e. The number of rotatable bonds is 3. The topological polar surface area (TPSA) is 40.5 Å². The third-order valence-corrected chi connectivity index (χ3v) is 3.09. The average molecular weight is 263 g/mol. The van der Waals surface area contributed by atoms with Crippen LogP contribution in [-0.2, 0) is 0 Å². The third kappa shape index (κ3) is 3.80. The summed E-state index contributed by atoms with van der Waals surface area (Å²) in [6.45, 7) is 3.61. The van der Waals surface area contributed by atoms with Crippen LogP contribution in [0.2, 0.25) is 0 Å². The maximum atomic E-state index is 13.2. The highest BCUT2D eigenvalue weighted by atomic mass is 19.1. The second-order valence-electron chi connectivity index (χ2n) is 4.32. The molecule has 1 atom stereocenters. The molecule has 102 valence electrons. The summed E-state index contributed by atoms with van der Waals surface area (Å²) in [6, 6.07) is 3.97. The summed E-state index contributed by atoms with van der Waals surface area (Å²) in [4.78, 5) is 13.9. The van der Waals surface area contributed by atoms with Gasteiger partial charge in [0.05, 0.1) is 5.56 Å². The number of hydrogen-bond donors (Lipinski definition) is 1. The minimum Gasteiger partial charge on any atom is -0.384 e. The van der Waals surface area contributed by atoms with Crippen molar-refractivity contribution in [1.82, 2.24) is 4.90 Å². The molecule has 1 rings (SSSR count). The first-order valence-electron chi connectivity index (χ1n) is 6.17. The summed E-state index contributed by atoms with van der Waals surface area (Å²) in [5.74, 6) is 4.39. The molecule has 0 fully saturated rings. The predicted molar refractivity (Wildman–Crippen MR) is 72.2 cm³/mol. The predicted octanol–water partition coefficient (Wildman–Crippen LogP) is 2.04. The molecule has 0 saturated carbocycles. The Morgan fingerprint density at radius 1 is 1.53 bits per heavy atom. The molecule has 0 heterocycles. The number of amides is 1. The van der Waals surface area contributed by atoms with Gasteiger partial charge in [0.2, 0.25) is 0 Å². The maximum Gasteiger partial charge on any atom is 0.255 e. The van der Waals surface area contributed by atoms with E-state index in [1.54, 1.807) is 11.9 Å². The Morgan fingerprint density at radius 2 is 2.21 bits per heavy atom. The highest BCUT2D eigenvalue weighted by Gasteiger charge is 2.18. The van der Waals surface area contributed by atoms with Crippen molar-refractivity contribution < 1.29 is 14.3 Å². The summed E-state index contributed by atoms with van der Waals surface area (Å²) in [7, 11) is 1.71. The Balaban J connectivity index is 3.15. The van der Waals surface area contributed by atoms with Crippen LogP contribution in [0.5, 0.6) is 0 Å². The lowest BCUT2D eigenvalue weighted by Gasteiger charge is -2.24. The Morgan fingerprint density at radius 3 is 2.79 bits per heavy atom. The number of hydrogen-bond acceptors (Lipinski definition) is 2. The Kier molecular flexibility index (Phi) is 5.53. The summed E-state index contributed by atoms with van der Waals surface area (Å²) in [5, 5.41) is 8.70. The lowest BCUT2D eigenvalue weighted by Crippen LogP contribution is -2.35. The van der Waals surface area contributed by atoms with Gasteiger partial charge < -0.3 is 10.0 Å². The molecule has 1 aromatic carbocycles. The van der Waals surface area contributed by atoms with E-state index in [4.69, 9.17) is 5.11 Å². The molecule has 0 aromatic heterocycles. The SMILES string of the molecule is CCC(C)N(C)C(=O)c1ccc(F)cc1C#CCO. The van der Waals surface area contributed by atoms with E-state index in [9.17, 15) is 9.18 Å². The summed E-state index contributed by atoms with van der Waals surface area (Å²) in [5.41, 5.74) is 0.652. The van der Waals surface area contributed by atoms with Gasteiger partial charge in [-0.3, -0.25) is 4.79 Å². The molecule has 0 aliphatic rings. The highest BCUT2D eigenvalue weighted by molar-refractivity contribution is 5.96. The molecular formula is C15H18FNO2. The monoisotopic (exact) mass is 263 g/mol.